The number of hydrogen-bond acceptors (Lipinski definition) is 6. The van der Waals surface area contributed by atoms with Crippen LogP contribution < -0.4 is 19.8 Å². The maximum atomic E-state index is 12.4. The van der Waals surface area contributed by atoms with Crippen molar-refractivity contribution in [2.24, 2.45) is 12.1 Å². The van der Waals surface area contributed by atoms with Gasteiger partial charge < -0.3 is 9.47 Å². The summed E-state index contributed by atoms with van der Waals surface area (Å²) in [6.45, 7) is 5.26. The van der Waals surface area contributed by atoms with Gasteiger partial charge in [-0.15, -0.1) is 4.59 Å². The Balaban J connectivity index is 1.63. The summed E-state index contributed by atoms with van der Waals surface area (Å²) in [5.74, 6) is 1.36. The summed E-state index contributed by atoms with van der Waals surface area (Å²) >= 11 is 0. The number of rotatable bonds is 8. The first-order valence-electron chi connectivity index (χ1n) is 10.5. The molecule has 0 N–H and O–H groups in total. The van der Waals surface area contributed by atoms with E-state index in [9.17, 15) is 4.79 Å². The lowest BCUT2D eigenvalue weighted by molar-refractivity contribution is 0.293. The maximum absolute atomic E-state index is 12.4. The minimum atomic E-state index is -0.343. The van der Waals surface area contributed by atoms with Crippen LogP contribution in [0.5, 0.6) is 11.5 Å². The molecule has 0 amide bonds. The van der Waals surface area contributed by atoms with E-state index >= 15 is 0 Å². The van der Waals surface area contributed by atoms with E-state index in [4.69, 9.17) is 9.47 Å². The fourth-order valence-corrected chi connectivity index (χ4v) is 3.87. The van der Waals surface area contributed by atoms with Crippen molar-refractivity contribution in [1.82, 2.24) is 24.4 Å². The van der Waals surface area contributed by atoms with Gasteiger partial charge in [-0.2, -0.15) is 9.36 Å². The predicted molar refractivity (Wildman–Crippen MR) is 123 cm³/mol. The summed E-state index contributed by atoms with van der Waals surface area (Å²) in [7, 11) is 3.14. The van der Waals surface area contributed by atoms with E-state index in [1.807, 2.05) is 37.4 Å². The van der Waals surface area contributed by atoms with Crippen LogP contribution in [0.15, 0.2) is 58.6 Å². The van der Waals surface area contributed by atoms with Crippen LogP contribution in [-0.2, 0) is 13.7 Å². The van der Waals surface area contributed by atoms with Crippen LogP contribution in [0, 0.1) is 6.92 Å². The third-order valence-corrected chi connectivity index (χ3v) is 5.51. The Labute approximate surface area is 186 Å². The zero-order valence-electron chi connectivity index (χ0n) is 18.7. The van der Waals surface area contributed by atoms with Crippen molar-refractivity contribution in [3.8, 4) is 17.2 Å². The molecule has 1 unspecified atom stereocenters. The van der Waals surface area contributed by atoms with Gasteiger partial charge >= 0.3 is 5.69 Å². The molecule has 0 aliphatic carbocycles. The molecule has 0 fully saturated rings. The van der Waals surface area contributed by atoms with Crippen molar-refractivity contribution in [2.75, 3.05) is 13.7 Å². The molecule has 166 valence electrons. The van der Waals surface area contributed by atoms with Gasteiger partial charge in [0.1, 0.15) is 30.9 Å². The molecule has 1 aliphatic heterocycles. The lowest BCUT2D eigenvalue weighted by Crippen LogP contribution is -2.37. The third kappa shape index (κ3) is 3.82. The summed E-state index contributed by atoms with van der Waals surface area (Å²) in [5, 5.41) is 12.4. The Kier molecular flexibility index (Phi) is 5.91. The van der Waals surface area contributed by atoms with Crippen LogP contribution >= 0.6 is 0 Å². The molecular weight excluding hydrogens is 408 g/mol. The fraction of sp³-hybridized carbons (Fsp3) is 0.304. The number of benzene rings is 2. The Morgan fingerprint density at radius 3 is 2.59 bits per heavy atom. The van der Waals surface area contributed by atoms with Gasteiger partial charge in [0.15, 0.2) is 5.69 Å². The molecule has 9 nitrogen and oxygen atoms in total. The molecule has 3 aromatic rings. The molecule has 9 heteroatoms. The second kappa shape index (κ2) is 8.80. The number of quaternary nitrogens is 1. The highest BCUT2D eigenvalue weighted by Crippen LogP contribution is 2.33. The molecule has 1 atom stereocenters. The maximum Gasteiger partial charge on any atom is 0.368 e. The van der Waals surface area contributed by atoms with E-state index in [-0.39, 0.29) is 12.3 Å². The number of ether oxygens (including phenoxy) is 2. The van der Waals surface area contributed by atoms with Gasteiger partial charge in [-0.3, -0.25) is 0 Å². The number of allylic oxidation sites excluding steroid dienone is 1. The van der Waals surface area contributed by atoms with Crippen molar-refractivity contribution in [3.05, 3.63) is 70.3 Å². The molecule has 0 radical (unpaired) electrons. The predicted octanol–water partition coefficient (Wildman–Crippen LogP) is 3.09. The quantitative estimate of drug-likeness (QED) is 0.508. The average molecular weight is 436 g/mol. The highest BCUT2D eigenvalue weighted by atomic mass is 16.5. The first kappa shape index (κ1) is 21.5. The minimum Gasteiger partial charge on any atom is -0.496 e. The number of nitrogens with zero attached hydrogens (tertiary/aromatic N) is 6. The Hall–Kier alpha value is -3.72. The molecular formula is C23H27N6O3+. The summed E-state index contributed by atoms with van der Waals surface area (Å²) in [5.41, 5.74) is 3.03. The zero-order valence-corrected chi connectivity index (χ0v) is 18.7. The van der Waals surface area contributed by atoms with Crippen molar-refractivity contribution in [2.45, 2.75) is 26.9 Å². The zero-order chi connectivity index (χ0) is 22.7. The van der Waals surface area contributed by atoms with Gasteiger partial charge in [-0.25, -0.2) is 4.79 Å². The average Bonchev–Trinajstić information content (AvgIpc) is 3.40. The van der Waals surface area contributed by atoms with Crippen molar-refractivity contribution < 1.29 is 9.47 Å². The van der Waals surface area contributed by atoms with Crippen LogP contribution in [-0.4, -0.2) is 39.7 Å². The molecule has 4 rings (SSSR count). The number of aromatic nitrogens is 4. The van der Waals surface area contributed by atoms with Gasteiger partial charge in [0, 0.05) is 25.3 Å². The normalized spacial score (nSPS) is 17.1. The first-order chi connectivity index (χ1) is 15.5. The van der Waals surface area contributed by atoms with E-state index in [2.05, 4.69) is 34.7 Å². The fourth-order valence-electron chi connectivity index (χ4n) is 3.87. The van der Waals surface area contributed by atoms with E-state index < -0.39 is 0 Å². The lowest BCUT2D eigenvalue weighted by atomic mass is 10.1. The van der Waals surface area contributed by atoms with Gasteiger partial charge in [-0.1, -0.05) is 18.1 Å². The van der Waals surface area contributed by atoms with Gasteiger partial charge in [0.2, 0.25) is 0 Å². The van der Waals surface area contributed by atoms with E-state index in [1.165, 1.54) is 9.36 Å². The van der Waals surface area contributed by atoms with Crippen LogP contribution in [0.25, 0.3) is 5.69 Å². The second-order valence-corrected chi connectivity index (χ2v) is 7.65. The molecule has 1 aromatic heterocycles. The van der Waals surface area contributed by atoms with Gasteiger partial charge in [0.25, 0.3) is 0 Å². The van der Waals surface area contributed by atoms with Crippen LogP contribution in [0.1, 0.15) is 24.5 Å². The number of hydrogen-bond donors (Lipinski definition) is 0. The number of tetrazole rings is 1. The van der Waals surface area contributed by atoms with Crippen molar-refractivity contribution in [1.29, 1.82) is 0 Å². The largest absolute Gasteiger partial charge is 0.496 e. The van der Waals surface area contributed by atoms with Crippen molar-refractivity contribution in [3.63, 3.8) is 0 Å². The minimum absolute atomic E-state index is 0.204. The number of aryl methyl sites for hydroxylation is 2. The van der Waals surface area contributed by atoms with Crippen molar-refractivity contribution >= 4 is 11.9 Å². The van der Waals surface area contributed by atoms with E-state index in [0.29, 0.717) is 21.6 Å². The van der Waals surface area contributed by atoms with Crippen LogP contribution in [0.3, 0.4) is 0 Å². The second-order valence-electron chi connectivity index (χ2n) is 7.65. The number of methoxy groups -OCH3 is 1. The van der Waals surface area contributed by atoms with Gasteiger partial charge in [0.05, 0.1) is 24.6 Å². The van der Waals surface area contributed by atoms with Crippen LogP contribution in [0.4, 0.5) is 5.69 Å². The highest BCUT2D eigenvalue weighted by Gasteiger charge is 2.30. The summed E-state index contributed by atoms with van der Waals surface area (Å²) in [6, 6.07) is 11.5. The Bertz CT molecular complexity index is 1230. The highest BCUT2D eigenvalue weighted by molar-refractivity contribution is 5.75. The summed E-state index contributed by atoms with van der Waals surface area (Å²) in [4.78, 5) is 12.4. The molecule has 32 heavy (non-hydrogen) atoms. The topological polar surface area (TPSA) is 83.5 Å². The molecule has 0 saturated heterocycles. The molecule has 0 spiro atoms. The third-order valence-electron chi connectivity index (χ3n) is 5.51. The Morgan fingerprint density at radius 2 is 1.97 bits per heavy atom. The Morgan fingerprint density at radius 1 is 1.12 bits per heavy atom. The smallest absolute Gasteiger partial charge is 0.368 e. The molecule has 1 aliphatic rings. The molecule has 0 bridgehead atoms. The molecule has 2 aromatic carbocycles. The first-order valence-corrected chi connectivity index (χ1v) is 10.5. The van der Waals surface area contributed by atoms with Crippen LogP contribution in [0.2, 0.25) is 0 Å². The molecule has 0 saturated carbocycles. The monoisotopic (exact) mass is 435 g/mol. The SMILES string of the molecule is CCC[N+]1(c2ccc(OCc3c(OC)cccc3-n3nnn(C)c3=O)c(C)c2)C=CC=N1. The summed E-state index contributed by atoms with van der Waals surface area (Å²) in [6.07, 6.45) is 6.93. The molecule has 2 heterocycles. The standard InChI is InChI=1S/C23H27N6O3/c1-5-13-29(14-7-12-24-29)18-10-11-21(17(2)15-18)32-16-19-20(8-6-9-22(19)31-4)28-23(30)27(3)25-26-28/h6-12,14-15H,5,13,16H2,1-4H3/q+1. The van der Waals surface area contributed by atoms with E-state index in [1.54, 1.807) is 26.3 Å². The summed E-state index contributed by atoms with van der Waals surface area (Å²) < 4.78 is 14.6. The lowest BCUT2D eigenvalue weighted by Gasteiger charge is -2.25. The van der Waals surface area contributed by atoms with Gasteiger partial charge in [-0.05, 0) is 47.5 Å². The van der Waals surface area contributed by atoms with E-state index in [0.717, 1.165) is 30.0 Å².